The highest BCUT2D eigenvalue weighted by Gasteiger charge is 2.42. The maximum Gasteiger partial charge on any atom is 0.125 e. The minimum atomic E-state index is -2.10. The quantitative estimate of drug-likeness (QED) is 0.184. The van der Waals surface area contributed by atoms with Crippen molar-refractivity contribution in [2.75, 3.05) is 17.3 Å². The van der Waals surface area contributed by atoms with E-state index in [0.29, 0.717) is 13.2 Å². The van der Waals surface area contributed by atoms with Gasteiger partial charge < -0.3 is 9.47 Å². The second kappa shape index (κ2) is 11.0. The van der Waals surface area contributed by atoms with E-state index in [9.17, 15) is 4.39 Å². The molecule has 0 N–H and O–H groups in total. The molecule has 0 radical (unpaired) electrons. The molecule has 0 aliphatic rings. The number of benzene rings is 3. The Morgan fingerprint density at radius 3 is 1.47 bits per heavy atom. The standard InChI is InChI=1S/C26H32FIO2Si2/c1-5-29-22-9-15-25(16-10-22)32(19-28,26-17-11-23(12-18-26)30-6-2)20-31(3,4)24-13-7-21(27)8-14-24/h7-18H,5-6,19-20H2,1-4H3. The molecule has 0 unspecified atom stereocenters. The van der Waals surface area contributed by atoms with Crippen LogP contribution in [0, 0.1) is 5.82 Å². The van der Waals surface area contributed by atoms with Crippen molar-refractivity contribution >= 4 is 54.3 Å². The van der Waals surface area contributed by atoms with Crippen LogP contribution in [0.15, 0.2) is 72.8 Å². The molecule has 0 spiro atoms. The Kier molecular flexibility index (Phi) is 8.58. The Morgan fingerprint density at radius 2 is 1.09 bits per heavy atom. The first-order valence-electron chi connectivity index (χ1n) is 11.1. The van der Waals surface area contributed by atoms with E-state index >= 15 is 0 Å². The zero-order chi connectivity index (χ0) is 23.2. The Morgan fingerprint density at radius 1 is 0.688 bits per heavy atom. The monoisotopic (exact) mass is 578 g/mol. The largest absolute Gasteiger partial charge is 0.494 e. The smallest absolute Gasteiger partial charge is 0.125 e. The van der Waals surface area contributed by atoms with Crippen LogP contribution in [0.25, 0.3) is 0 Å². The normalized spacial score (nSPS) is 11.9. The molecule has 6 heteroatoms. The van der Waals surface area contributed by atoms with Crippen LogP contribution in [0.5, 0.6) is 11.5 Å². The van der Waals surface area contributed by atoms with Crippen LogP contribution in [-0.2, 0) is 0 Å². The molecule has 0 amide bonds. The first-order valence-corrected chi connectivity index (χ1v) is 18.3. The minimum absolute atomic E-state index is 0.172. The third-order valence-corrected chi connectivity index (χ3v) is 21.1. The highest BCUT2D eigenvalue weighted by molar-refractivity contribution is 14.1. The van der Waals surface area contributed by atoms with Crippen LogP contribution < -0.4 is 25.0 Å². The van der Waals surface area contributed by atoms with Crippen LogP contribution in [0.4, 0.5) is 4.39 Å². The molecule has 3 rings (SSSR count). The number of hydrogen-bond acceptors (Lipinski definition) is 2. The topological polar surface area (TPSA) is 18.5 Å². The van der Waals surface area contributed by atoms with Crippen molar-refractivity contribution in [2.24, 2.45) is 0 Å². The van der Waals surface area contributed by atoms with Crippen molar-refractivity contribution in [1.82, 2.24) is 0 Å². The zero-order valence-electron chi connectivity index (χ0n) is 19.3. The summed E-state index contributed by atoms with van der Waals surface area (Å²) >= 11 is 2.59. The first kappa shape index (κ1) is 25.0. The minimum Gasteiger partial charge on any atom is -0.494 e. The number of halogens is 2. The van der Waals surface area contributed by atoms with Gasteiger partial charge in [0.15, 0.2) is 0 Å². The van der Waals surface area contributed by atoms with Gasteiger partial charge in [0.25, 0.3) is 0 Å². The van der Waals surface area contributed by atoms with Gasteiger partial charge in [-0.25, -0.2) is 4.39 Å². The van der Waals surface area contributed by atoms with Crippen LogP contribution >= 0.6 is 22.6 Å². The van der Waals surface area contributed by atoms with E-state index in [4.69, 9.17) is 9.47 Å². The number of ether oxygens (including phenoxy) is 2. The summed E-state index contributed by atoms with van der Waals surface area (Å²) in [5.41, 5.74) is 1.15. The fourth-order valence-corrected chi connectivity index (χ4v) is 21.7. The van der Waals surface area contributed by atoms with Crippen molar-refractivity contribution in [3.63, 3.8) is 0 Å². The molecular formula is C26H32FIO2Si2. The summed E-state index contributed by atoms with van der Waals surface area (Å²) in [4.78, 5) is 0. The SMILES string of the molecule is CCOc1ccc([Si](CI)(C[Si](C)(C)c2ccc(F)cc2)c2ccc(OCC)cc2)cc1. The molecule has 0 aromatic heterocycles. The summed E-state index contributed by atoms with van der Waals surface area (Å²) in [5, 5.41) is 4.14. The maximum atomic E-state index is 13.6. The van der Waals surface area contributed by atoms with Gasteiger partial charge in [-0.05, 0) is 55.9 Å². The van der Waals surface area contributed by atoms with E-state index in [1.165, 1.54) is 15.6 Å². The Bertz CT molecular complexity index is 940. The van der Waals surface area contributed by atoms with Crippen LogP contribution in [0.1, 0.15) is 13.8 Å². The lowest BCUT2D eigenvalue weighted by molar-refractivity contribution is 0.340. The van der Waals surface area contributed by atoms with E-state index in [0.717, 1.165) is 21.2 Å². The van der Waals surface area contributed by atoms with Crippen molar-refractivity contribution < 1.29 is 13.9 Å². The summed E-state index contributed by atoms with van der Waals surface area (Å²) in [7, 11) is -3.96. The van der Waals surface area contributed by atoms with Gasteiger partial charge in [-0.3, -0.25) is 0 Å². The van der Waals surface area contributed by atoms with Gasteiger partial charge in [0.05, 0.1) is 21.3 Å². The van der Waals surface area contributed by atoms with Crippen LogP contribution in [0.2, 0.25) is 18.8 Å². The van der Waals surface area contributed by atoms with Gasteiger partial charge in [-0.1, -0.05) is 87.6 Å². The van der Waals surface area contributed by atoms with Gasteiger partial charge in [0.1, 0.15) is 25.4 Å². The predicted octanol–water partition coefficient (Wildman–Crippen LogP) is 5.32. The van der Waals surface area contributed by atoms with Crippen LogP contribution in [-0.4, -0.2) is 33.4 Å². The van der Waals surface area contributed by atoms with Crippen LogP contribution in [0.3, 0.4) is 0 Å². The summed E-state index contributed by atoms with van der Waals surface area (Å²) in [6.45, 7) is 10.2. The van der Waals surface area contributed by atoms with Crippen molar-refractivity contribution in [3.8, 4) is 11.5 Å². The summed E-state index contributed by atoms with van der Waals surface area (Å²) in [6, 6.07) is 24.7. The lowest BCUT2D eigenvalue weighted by atomic mass is 10.3. The molecule has 0 aliphatic carbocycles. The Balaban J connectivity index is 2.09. The molecule has 0 saturated heterocycles. The zero-order valence-corrected chi connectivity index (χ0v) is 23.5. The average molecular weight is 579 g/mol. The van der Waals surface area contributed by atoms with Crippen molar-refractivity contribution in [2.45, 2.75) is 32.6 Å². The van der Waals surface area contributed by atoms with Gasteiger partial charge in [-0.2, -0.15) is 0 Å². The van der Waals surface area contributed by atoms with E-state index in [1.54, 1.807) is 12.1 Å². The van der Waals surface area contributed by atoms with Gasteiger partial charge >= 0.3 is 0 Å². The second-order valence-electron chi connectivity index (χ2n) is 8.70. The van der Waals surface area contributed by atoms with E-state index in [-0.39, 0.29) is 5.82 Å². The fourth-order valence-electron chi connectivity index (χ4n) is 4.40. The number of alkyl halides is 1. The van der Waals surface area contributed by atoms with Crippen molar-refractivity contribution in [1.29, 1.82) is 0 Å². The molecular weight excluding hydrogens is 546 g/mol. The van der Waals surface area contributed by atoms with E-state index in [1.807, 2.05) is 26.0 Å². The molecule has 0 bridgehead atoms. The third kappa shape index (κ3) is 5.64. The molecule has 0 aliphatic heterocycles. The second-order valence-corrected chi connectivity index (χ2v) is 20.3. The molecule has 0 saturated carbocycles. The fraction of sp³-hybridized carbons (Fsp3) is 0.308. The van der Waals surface area contributed by atoms with E-state index < -0.39 is 16.1 Å². The molecule has 170 valence electrons. The predicted molar refractivity (Wildman–Crippen MR) is 147 cm³/mol. The molecule has 2 nitrogen and oxygen atoms in total. The lowest BCUT2D eigenvalue weighted by Crippen LogP contribution is -2.65. The first-order chi connectivity index (χ1) is 15.3. The number of hydrogen-bond donors (Lipinski definition) is 0. The molecule has 0 atom stereocenters. The Labute approximate surface area is 207 Å². The van der Waals surface area contributed by atoms with E-state index in [2.05, 4.69) is 84.2 Å². The maximum absolute atomic E-state index is 13.6. The summed E-state index contributed by atoms with van der Waals surface area (Å²) < 4.78 is 26.1. The van der Waals surface area contributed by atoms with Gasteiger partial charge in [-0.15, -0.1) is 0 Å². The van der Waals surface area contributed by atoms with Gasteiger partial charge in [0.2, 0.25) is 0 Å². The average Bonchev–Trinajstić information content (AvgIpc) is 2.79. The highest BCUT2D eigenvalue weighted by Crippen LogP contribution is 2.25. The highest BCUT2D eigenvalue weighted by atomic mass is 127. The lowest BCUT2D eigenvalue weighted by Gasteiger charge is -2.38. The summed E-state index contributed by atoms with van der Waals surface area (Å²) in [6.07, 6.45) is 0. The number of rotatable bonds is 10. The summed E-state index contributed by atoms with van der Waals surface area (Å²) in [5.74, 6) is 1.65. The third-order valence-electron chi connectivity index (χ3n) is 6.03. The molecule has 0 heterocycles. The Hall–Kier alpha value is -1.65. The molecule has 3 aromatic rings. The molecule has 0 fully saturated rings. The van der Waals surface area contributed by atoms with Gasteiger partial charge in [0, 0.05) is 4.05 Å². The molecule has 3 aromatic carbocycles. The molecule has 32 heavy (non-hydrogen) atoms. The van der Waals surface area contributed by atoms with Crippen molar-refractivity contribution in [3.05, 3.63) is 78.6 Å².